The first-order chi connectivity index (χ1) is 12.5. The van der Waals surface area contributed by atoms with Crippen molar-refractivity contribution in [1.82, 2.24) is 4.90 Å². The zero-order valence-corrected chi connectivity index (χ0v) is 21.1. The number of nitrogen functional groups attached to an aromatic ring is 1. The summed E-state index contributed by atoms with van der Waals surface area (Å²) in [6.45, 7) is 2.85. The van der Waals surface area contributed by atoms with E-state index in [4.69, 9.17) is 22.1 Å². The Morgan fingerprint density at radius 3 is 2.45 bits per heavy atom. The number of hydrogen-bond acceptors (Lipinski definition) is 3. The molecule has 0 saturated heterocycles. The minimum Gasteiger partial charge on any atom is -0.493 e. The van der Waals surface area contributed by atoms with E-state index in [1.807, 2.05) is 18.2 Å². The molecule has 0 aromatic heterocycles. The van der Waals surface area contributed by atoms with Gasteiger partial charge in [0.05, 0.1) is 6.61 Å². The number of fused-ring (bicyclic) bond motifs is 1. The topological polar surface area (TPSA) is 70.0 Å². The van der Waals surface area contributed by atoms with Crippen LogP contribution in [0.5, 0.6) is 5.75 Å². The highest BCUT2D eigenvalue weighted by Crippen LogP contribution is 2.31. The second-order valence-electron chi connectivity index (χ2n) is 6.97. The van der Waals surface area contributed by atoms with Crippen LogP contribution < -0.4 is 10.5 Å². The summed E-state index contributed by atoms with van der Waals surface area (Å²) in [7, 11) is 2.17. The molecule has 0 aliphatic carbocycles. The number of likely N-dealkylation sites (N-methyl/N-ethyl adjacent to an activating group) is 1. The maximum atomic E-state index is 6.43. The molecule has 2 aromatic rings. The minimum absolute atomic E-state index is 0. The first kappa shape index (κ1) is 28.6. The molecule has 1 heterocycles. The number of nitrogens with two attached hydrogens (primary N) is 1. The molecule has 1 aliphatic rings. The zero-order valence-electron chi connectivity index (χ0n) is 16.5. The summed E-state index contributed by atoms with van der Waals surface area (Å²) in [6, 6.07) is 10.3. The van der Waals surface area contributed by atoms with E-state index >= 15 is 0 Å². The molecular weight excluding hydrogens is 546 g/mol. The summed E-state index contributed by atoms with van der Waals surface area (Å²) in [5, 5.41) is 0.876. The van der Waals surface area contributed by atoms with Gasteiger partial charge in [-0.05, 0) is 97.1 Å². The number of rotatable bonds is 6. The van der Waals surface area contributed by atoms with E-state index in [-0.39, 0.29) is 30.3 Å². The Hall–Kier alpha value is -0.440. The van der Waals surface area contributed by atoms with E-state index < -0.39 is 0 Å². The van der Waals surface area contributed by atoms with E-state index in [0.717, 1.165) is 71.8 Å². The summed E-state index contributed by atoms with van der Waals surface area (Å²) < 4.78 is 7.26. The van der Waals surface area contributed by atoms with Gasteiger partial charge >= 0.3 is 0 Å². The number of aryl methyl sites for hydroxylation is 1. The molecular formula is C21H30Cl3IN2O2. The van der Waals surface area contributed by atoms with Crippen LogP contribution in [0.15, 0.2) is 30.3 Å². The van der Waals surface area contributed by atoms with Crippen LogP contribution in [0.2, 0.25) is 5.02 Å². The lowest BCUT2D eigenvalue weighted by atomic mass is 10.0. The Morgan fingerprint density at radius 2 is 1.76 bits per heavy atom. The summed E-state index contributed by atoms with van der Waals surface area (Å²) in [5.74, 6) is 1.02. The Balaban J connectivity index is 0.00000261. The van der Waals surface area contributed by atoms with Crippen molar-refractivity contribution < 1.29 is 10.2 Å². The van der Waals surface area contributed by atoms with Gasteiger partial charge in [0.2, 0.25) is 0 Å². The fourth-order valence-corrected chi connectivity index (χ4v) is 4.23. The first-order valence-corrected chi connectivity index (χ1v) is 10.7. The normalized spacial score (nSPS) is 13.2. The Kier molecular flexibility index (Phi) is 13.6. The van der Waals surface area contributed by atoms with Crippen LogP contribution in [-0.2, 0) is 19.3 Å². The fourth-order valence-electron chi connectivity index (χ4n) is 3.38. The summed E-state index contributed by atoms with van der Waals surface area (Å²) >= 11 is 8.72. The molecule has 0 atom stereocenters. The standard InChI is InChI=1S/C21H26ClIN2O.2ClH.H2O/c1-25-11-9-16-17(10-12-25)21(8-6-18(16)22)26-13-3-2-4-15-5-7-20(24)19(23)14-15;;;/h5-8,14H,2-4,9-13,24H2,1H3;2*1H;1H2. The van der Waals surface area contributed by atoms with Crippen molar-refractivity contribution in [2.75, 3.05) is 32.5 Å². The second kappa shape index (κ2) is 13.8. The van der Waals surface area contributed by atoms with Gasteiger partial charge in [-0.15, -0.1) is 24.8 Å². The first-order valence-electron chi connectivity index (χ1n) is 9.20. The monoisotopic (exact) mass is 574 g/mol. The molecule has 0 unspecified atom stereocenters. The third-order valence-electron chi connectivity index (χ3n) is 5.00. The third kappa shape index (κ3) is 7.96. The van der Waals surface area contributed by atoms with E-state index in [1.165, 1.54) is 16.7 Å². The lowest BCUT2D eigenvalue weighted by molar-refractivity contribution is 0.302. The van der Waals surface area contributed by atoms with Crippen LogP contribution in [0, 0.1) is 3.57 Å². The average Bonchev–Trinajstić information content (AvgIpc) is 2.82. The summed E-state index contributed by atoms with van der Waals surface area (Å²) in [4.78, 5) is 2.36. The number of ether oxygens (including phenoxy) is 1. The molecule has 0 saturated carbocycles. The van der Waals surface area contributed by atoms with Crippen molar-refractivity contribution in [2.24, 2.45) is 0 Å². The number of halogens is 4. The Labute approximate surface area is 204 Å². The van der Waals surface area contributed by atoms with E-state index in [2.05, 4.69) is 46.7 Å². The van der Waals surface area contributed by atoms with Crippen LogP contribution in [0.25, 0.3) is 0 Å². The predicted molar refractivity (Wildman–Crippen MR) is 136 cm³/mol. The highest BCUT2D eigenvalue weighted by molar-refractivity contribution is 14.1. The van der Waals surface area contributed by atoms with Crippen LogP contribution in [0.1, 0.15) is 29.5 Å². The molecule has 4 N–H and O–H groups in total. The highest BCUT2D eigenvalue weighted by Gasteiger charge is 2.18. The SMILES string of the molecule is CN1CCc2c(Cl)ccc(OCCCCc3ccc(N)c(I)c3)c2CC1.Cl.Cl.O. The van der Waals surface area contributed by atoms with Gasteiger partial charge in [-0.3, -0.25) is 0 Å². The predicted octanol–water partition coefficient (Wildman–Crippen LogP) is 4.98. The van der Waals surface area contributed by atoms with Gasteiger partial charge in [0.1, 0.15) is 5.75 Å². The lowest BCUT2D eigenvalue weighted by Gasteiger charge is -2.15. The molecule has 3 rings (SSSR count). The molecule has 8 heteroatoms. The maximum Gasteiger partial charge on any atom is 0.122 e. The van der Waals surface area contributed by atoms with Crippen LogP contribution >= 0.6 is 59.0 Å². The van der Waals surface area contributed by atoms with Crippen molar-refractivity contribution in [1.29, 1.82) is 0 Å². The summed E-state index contributed by atoms with van der Waals surface area (Å²) in [5.41, 5.74) is 10.6. The van der Waals surface area contributed by atoms with Crippen molar-refractivity contribution in [3.8, 4) is 5.75 Å². The maximum absolute atomic E-state index is 6.43. The van der Waals surface area contributed by atoms with Gasteiger partial charge in [0.25, 0.3) is 0 Å². The van der Waals surface area contributed by atoms with Gasteiger partial charge in [0, 0.05) is 32.9 Å². The zero-order chi connectivity index (χ0) is 18.5. The molecule has 4 nitrogen and oxygen atoms in total. The van der Waals surface area contributed by atoms with Crippen LogP contribution in [0.3, 0.4) is 0 Å². The summed E-state index contributed by atoms with van der Waals surface area (Å²) in [6.07, 6.45) is 5.21. The van der Waals surface area contributed by atoms with Crippen molar-refractivity contribution in [2.45, 2.75) is 32.1 Å². The molecule has 29 heavy (non-hydrogen) atoms. The third-order valence-corrected chi connectivity index (χ3v) is 6.29. The lowest BCUT2D eigenvalue weighted by Crippen LogP contribution is -2.20. The van der Waals surface area contributed by atoms with Gasteiger partial charge in [0.15, 0.2) is 0 Å². The van der Waals surface area contributed by atoms with Gasteiger partial charge in [-0.2, -0.15) is 0 Å². The van der Waals surface area contributed by atoms with Gasteiger partial charge in [-0.1, -0.05) is 17.7 Å². The average molecular weight is 576 g/mol. The van der Waals surface area contributed by atoms with E-state index in [1.54, 1.807) is 0 Å². The second-order valence-corrected chi connectivity index (χ2v) is 8.54. The number of hydrogen-bond donors (Lipinski definition) is 1. The molecule has 0 spiro atoms. The van der Waals surface area contributed by atoms with E-state index in [9.17, 15) is 0 Å². The quantitative estimate of drug-likeness (QED) is 0.300. The smallest absolute Gasteiger partial charge is 0.122 e. The molecule has 0 amide bonds. The number of unbranched alkanes of at least 4 members (excludes halogenated alkanes) is 1. The largest absolute Gasteiger partial charge is 0.493 e. The van der Waals surface area contributed by atoms with Gasteiger partial charge in [-0.25, -0.2) is 0 Å². The molecule has 164 valence electrons. The van der Waals surface area contributed by atoms with Gasteiger partial charge < -0.3 is 20.8 Å². The molecule has 2 aromatic carbocycles. The van der Waals surface area contributed by atoms with Crippen molar-refractivity contribution >= 4 is 64.7 Å². The van der Waals surface area contributed by atoms with E-state index in [0.29, 0.717) is 0 Å². The fraction of sp³-hybridized carbons (Fsp3) is 0.429. The van der Waals surface area contributed by atoms with Crippen LogP contribution in [0.4, 0.5) is 5.69 Å². The van der Waals surface area contributed by atoms with Crippen molar-refractivity contribution in [3.63, 3.8) is 0 Å². The molecule has 0 radical (unpaired) electrons. The Bertz CT molecular complexity index is 778. The Morgan fingerprint density at radius 1 is 1.07 bits per heavy atom. The number of anilines is 1. The highest BCUT2D eigenvalue weighted by atomic mass is 127. The van der Waals surface area contributed by atoms with Crippen molar-refractivity contribution in [3.05, 3.63) is 55.6 Å². The molecule has 0 bridgehead atoms. The minimum atomic E-state index is 0. The number of benzene rings is 2. The molecule has 1 aliphatic heterocycles. The molecule has 0 fully saturated rings. The van der Waals surface area contributed by atoms with Crippen LogP contribution in [-0.4, -0.2) is 37.1 Å². The number of nitrogens with zero attached hydrogens (tertiary/aromatic N) is 1.